The van der Waals surface area contributed by atoms with Crippen LogP contribution in [0.5, 0.6) is 5.88 Å². The second-order valence-electron chi connectivity index (χ2n) is 2.51. The number of hydrogen-bond donors (Lipinski definition) is 0. The van der Waals surface area contributed by atoms with E-state index >= 15 is 0 Å². The third kappa shape index (κ3) is 4.65. The summed E-state index contributed by atoms with van der Waals surface area (Å²) in [6.45, 7) is -0.505. The molecule has 0 radical (unpaired) electrons. The standard InChI is InChI=1S/C7H5BrClF3N2O/c8-4-3-13-6(9)14-5(4)15-2-1-7(10,11)12/h3H,1-2H2. The number of hydrogen-bond acceptors (Lipinski definition) is 3. The molecule has 0 aliphatic rings. The Hall–Kier alpha value is -0.560. The van der Waals surface area contributed by atoms with Crippen molar-refractivity contribution in [2.24, 2.45) is 0 Å². The van der Waals surface area contributed by atoms with Crippen LogP contribution in [0.15, 0.2) is 10.7 Å². The molecule has 1 aromatic heterocycles. The first kappa shape index (κ1) is 12.5. The molecule has 84 valence electrons. The molecule has 0 aromatic carbocycles. The van der Waals surface area contributed by atoms with Gasteiger partial charge >= 0.3 is 6.18 Å². The lowest BCUT2D eigenvalue weighted by atomic mass is 10.4. The van der Waals surface area contributed by atoms with E-state index in [1.54, 1.807) is 0 Å². The smallest absolute Gasteiger partial charge is 0.392 e. The van der Waals surface area contributed by atoms with Gasteiger partial charge in [-0.2, -0.15) is 18.2 Å². The predicted molar refractivity (Wildman–Crippen MR) is 50.9 cm³/mol. The van der Waals surface area contributed by atoms with E-state index in [1.807, 2.05) is 0 Å². The van der Waals surface area contributed by atoms with Crippen molar-refractivity contribution in [2.75, 3.05) is 6.61 Å². The lowest BCUT2D eigenvalue weighted by molar-refractivity contribution is -0.139. The SMILES string of the molecule is FC(F)(F)CCOc1nc(Cl)ncc1Br. The minimum absolute atomic E-state index is 0.000694. The fraction of sp³-hybridized carbons (Fsp3) is 0.429. The first-order chi connectivity index (χ1) is 6.88. The van der Waals surface area contributed by atoms with Gasteiger partial charge in [0.15, 0.2) is 0 Å². The summed E-state index contributed by atoms with van der Waals surface area (Å²) in [5.74, 6) is -0.000694. The van der Waals surface area contributed by atoms with Crippen LogP contribution in [0.25, 0.3) is 0 Å². The van der Waals surface area contributed by atoms with Crippen molar-refractivity contribution in [3.8, 4) is 5.88 Å². The van der Waals surface area contributed by atoms with Crippen LogP contribution in [0.3, 0.4) is 0 Å². The molecule has 0 aliphatic heterocycles. The third-order valence-corrected chi connectivity index (χ3v) is 2.03. The number of halogens is 5. The third-order valence-electron chi connectivity index (χ3n) is 1.31. The molecule has 8 heteroatoms. The van der Waals surface area contributed by atoms with Crippen LogP contribution in [0.1, 0.15) is 6.42 Å². The van der Waals surface area contributed by atoms with E-state index in [-0.39, 0.29) is 11.2 Å². The highest BCUT2D eigenvalue weighted by Crippen LogP contribution is 2.24. The van der Waals surface area contributed by atoms with Crippen LogP contribution < -0.4 is 4.74 Å². The van der Waals surface area contributed by atoms with Crippen molar-refractivity contribution in [3.63, 3.8) is 0 Å². The maximum atomic E-state index is 11.8. The molecule has 0 aliphatic carbocycles. The summed E-state index contributed by atoms with van der Waals surface area (Å²) < 4.78 is 40.5. The number of nitrogens with zero attached hydrogens (tertiary/aromatic N) is 2. The van der Waals surface area contributed by atoms with E-state index in [9.17, 15) is 13.2 Å². The van der Waals surface area contributed by atoms with Gasteiger partial charge < -0.3 is 4.74 Å². The largest absolute Gasteiger partial charge is 0.476 e. The van der Waals surface area contributed by atoms with E-state index in [4.69, 9.17) is 16.3 Å². The summed E-state index contributed by atoms with van der Waals surface area (Å²) in [6.07, 6.45) is -3.98. The zero-order valence-electron chi connectivity index (χ0n) is 7.18. The highest BCUT2D eigenvalue weighted by atomic mass is 79.9. The molecule has 3 nitrogen and oxygen atoms in total. The molecule has 0 N–H and O–H groups in total. The van der Waals surface area contributed by atoms with Crippen molar-refractivity contribution >= 4 is 27.5 Å². The fourth-order valence-electron chi connectivity index (χ4n) is 0.696. The van der Waals surface area contributed by atoms with Crippen LogP contribution in [-0.2, 0) is 0 Å². The minimum atomic E-state index is -4.25. The molecule has 0 amide bonds. The molecule has 1 aromatic rings. The van der Waals surface area contributed by atoms with Gasteiger partial charge in [-0.15, -0.1) is 0 Å². The zero-order valence-corrected chi connectivity index (χ0v) is 9.53. The minimum Gasteiger partial charge on any atom is -0.476 e. The van der Waals surface area contributed by atoms with Crippen molar-refractivity contribution in [3.05, 3.63) is 16.0 Å². The van der Waals surface area contributed by atoms with Crippen molar-refractivity contribution in [1.29, 1.82) is 0 Å². The molecular weight excluding hydrogens is 300 g/mol. The summed E-state index contributed by atoms with van der Waals surface area (Å²) in [4.78, 5) is 7.21. The summed E-state index contributed by atoms with van der Waals surface area (Å²) in [6, 6.07) is 0. The Morgan fingerprint density at radius 2 is 2.13 bits per heavy atom. The molecule has 0 unspecified atom stereocenters. The Morgan fingerprint density at radius 1 is 1.47 bits per heavy atom. The van der Waals surface area contributed by atoms with Crippen molar-refractivity contribution in [2.45, 2.75) is 12.6 Å². The predicted octanol–water partition coefficient (Wildman–Crippen LogP) is 3.22. The van der Waals surface area contributed by atoms with Crippen LogP contribution in [-0.4, -0.2) is 22.8 Å². The monoisotopic (exact) mass is 304 g/mol. The fourth-order valence-corrected chi connectivity index (χ4v) is 1.13. The van der Waals surface area contributed by atoms with E-state index < -0.39 is 19.2 Å². The normalized spacial score (nSPS) is 11.5. The lowest BCUT2D eigenvalue weighted by Crippen LogP contribution is -2.13. The molecular formula is C7H5BrClF3N2O. The molecule has 0 saturated carbocycles. The summed E-state index contributed by atoms with van der Waals surface area (Å²) >= 11 is 8.46. The summed E-state index contributed by atoms with van der Waals surface area (Å²) in [5, 5.41) is -0.0831. The van der Waals surface area contributed by atoms with E-state index in [1.165, 1.54) is 6.20 Å². The molecule has 0 bridgehead atoms. The van der Waals surface area contributed by atoms with E-state index in [2.05, 4.69) is 25.9 Å². The van der Waals surface area contributed by atoms with Crippen LogP contribution >= 0.6 is 27.5 Å². The number of rotatable bonds is 3. The maximum absolute atomic E-state index is 11.8. The Balaban J connectivity index is 2.54. The Morgan fingerprint density at radius 3 is 2.73 bits per heavy atom. The lowest BCUT2D eigenvalue weighted by Gasteiger charge is -2.08. The molecule has 0 atom stereocenters. The summed E-state index contributed by atoms with van der Waals surface area (Å²) in [5.41, 5.74) is 0. The van der Waals surface area contributed by atoms with Gasteiger partial charge in [0, 0.05) is 6.20 Å². The molecule has 15 heavy (non-hydrogen) atoms. The van der Waals surface area contributed by atoms with E-state index in [0.29, 0.717) is 4.47 Å². The van der Waals surface area contributed by atoms with Gasteiger partial charge in [-0.3, -0.25) is 0 Å². The van der Waals surface area contributed by atoms with Gasteiger partial charge in [-0.1, -0.05) is 0 Å². The Bertz CT molecular complexity index is 347. The first-order valence-corrected chi connectivity index (χ1v) is 4.93. The highest BCUT2D eigenvalue weighted by Gasteiger charge is 2.27. The zero-order chi connectivity index (χ0) is 11.5. The molecule has 0 fully saturated rings. The highest BCUT2D eigenvalue weighted by molar-refractivity contribution is 9.10. The van der Waals surface area contributed by atoms with Gasteiger partial charge in [0.05, 0.1) is 17.5 Å². The van der Waals surface area contributed by atoms with Gasteiger partial charge in [0.2, 0.25) is 11.2 Å². The van der Waals surface area contributed by atoms with Gasteiger partial charge in [0.25, 0.3) is 0 Å². The van der Waals surface area contributed by atoms with Crippen LogP contribution in [0.4, 0.5) is 13.2 Å². The first-order valence-electron chi connectivity index (χ1n) is 3.76. The number of aromatic nitrogens is 2. The number of ether oxygens (including phenoxy) is 1. The topological polar surface area (TPSA) is 35.0 Å². The maximum Gasteiger partial charge on any atom is 0.392 e. The quantitative estimate of drug-likeness (QED) is 0.804. The molecule has 1 heterocycles. The molecule has 0 spiro atoms. The average Bonchev–Trinajstić information content (AvgIpc) is 2.09. The van der Waals surface area contributed by atoms with Crippen molar-refractivity contribution in [1.82, 2.24) is 9.97 Å². The van der Waals surface area contributed by atoms with Gasteiger partial charge in [0.1, 0.15) is 0 Å². The van der Waals surface area contributed by atoms with E-state index in [0.717, 1.165) is 0 Å². The van der Waals surface area contributed by atoms with Gasteiger partial charge in [-0.25, -0.2) is 4.98 Å². The van der Waals surface area contributed by atoms with Gasteiger partial charge in [-0.05, 0) is 27.5 Å². The average molecular weight is 305 g/mol. The Labute approximate surface area is 96.7 Å². The second kappa shape index (κ2) is 4.98. The number of alkyl halides is 3. The van der Waals surface area contributed by atoms with Crippen molar-refractivity contribution < 1.29 is 17.9 Å². The molecule has 0 saturated heterocycles. The van der Waals surface area contributed by atoms with Crippen LogP contribution in [0.2, 0.25) is 5.28 Å². The second-order valence-corrected chi connectivity index (χ2v) is 3.70. The Kier molecular flexibility index (Phi) is 4.15. The molecule has 1 rings (SSSR count). The summed E-state index contributed by atoms with van der Waals surface area (Å²) in [7, 11) is 0. The van der Waals surface area contributed by atoms with Crippen LogP contribution in [0, 0.1) is 0 Å².